The third-order valence-electron chi connectivity index (χ3n) is 6.86. The quantitative estimate of drug-likeness (QED) is 0.276. The first-order valence-electron chi connectivity index (χ1n) is 13.2. The highest BCUT2D eigenvalue weighted by Crippen LogP contribution is 2.32. The Morgan fingerprint density at radius 1 is 0.500 bits per heavy atom. The summed E-state index contributed by atoms with van der Waals surface area (Å²) in [5.41, 5.74) is 6.49. The van der Waals surface area contributed by atoms with Gasteiger partial charge in [-0.05, 0) is 35.1 Å². The largest absolute Gasteiger partial charge is 0.475 e. The molecule has 0 bridgehead atoms. The van der Waals surface area contributed by atoms with Crippen LogP contribution in [0.5, 0.6) is 0 Å². The second kappa shape index (κ2) is 11.3. The fourth-order valence-corrected chi connectivity index (χ4v) is 5.06. The van der Waals surface area contributed by atoms with Crippen LogP contribution in [0.3, 0.4) is 0 Å². The predicted octanol–water partition coefficient (Wildman–Crippen LogP) is 6.57. The Balaban J connectivity index is 1.44. The van der Waals surface area contributed by atoms with Gasteiger partial charge in [0.25, 0.3) is 0 Å². The van der Waals surface area contributed by atoms with Crippen LogP contribution in [-0.4, -0.2) is 37.1 Å². The number of nitrogens with zero attached hydrogens (tertiary/aromatic N) is 2. The van der Waals surface area contributed by atoms with E-state index in [2.05, 4.69) is 97.1 Å². The van der Waals surface area contributed by atoms with Crippen LogP contribution in [-0.2, 0) is 22.3 Å². The average Bonchev–Trinajstić information content (AvgIpc) is 3.63. The highest BCUT2D eigenvalue weighted by molar-refractivity contribution is 6.26. The molecule has 6 rings (SSSR count). The summed E-state index contributed by atoms with van der Waals surface area (Å²) in [6.45, 7) is 1.07. The van der Waals surface area contributed by atoms with Gasteiger partial charge in [0.2, 0.25) is 11.8 Å². The normalized spacial score (nSPS) is 18.2. The van der Waals surface area contributed by atoms with E-state index in [0.717, 1.165) is 35.1 Å². The summed E-state index contributed by atoms with van der Waals surface area (Å²) in [5, 5.41) is 0. The van der Waals surface area contributed by atoms with E-state index in [4.69, 9.17) is 19.5 Å². The summed E-state index contributed by atoms with van der Waals surface area (Å²) in [6.07, 6.45) is 1.65. The van der Waals surface area contributed by atoms with Crippen LogP contribution in [0.15, 0.2) is 137 Å². The summed E-state index contributed by atoms with van der Waals surface area (Å²) in [7, 11) is 0. The van der Waals surface area contributed by atoms with Crippen molar-refractivity contribution in [2.24, 2.45) is 9.98 Å². The maximum absolute atomic E-state index is 6.32. The SMILES string of the molecule is c1ccc(C[C@H]2COC(C(C3=N[C@@H](Cc4ccccc4)CO3)=C(c3ccccc3)c3ccccc3)=N2)cc1. The minimum Gasteiger partial charge on any atom is -0.475 e. The molecular formula is C34H30N2O2. The minimum atomic E-state index is 0.0392. The highest BCUT2D eigenvalue weighted by Gasteiger charge is 2.33. The summed E-state index contributed by atoms with van der Waals surface area (Å²) in [6, 6.07) is 41.8. The lowest BCUT2D eigenvalue weighted by Gasteiger charge is -2.16. The maximum Gasteiger partial charge on any atom is 0.222 e. The molecule has 0 saturated carbocycles. The Morgan fingerprint density at radius 2 is 0.868 bits per heavy atom. The van der Waals surface area contributed by atoms with Crippen LogP contribution in [0, 0.1) is 0 Å². The maximum atomic E-state index is 6.32. The van der Waals surface area contributed by atoms with Crippen molar-refractivity contribution in [3.8, 4) is 0 Å². The molecular weight excluding hydrogens is 468 g/mol. The Morgan fingerprint density at radius 3 is 1.26 bits per heavy atom. The zero-order valence-electron chi connectivity index (χ0n) is 21.2. The minimum absolute atomic E-state index is 0.0392. The lowest BCUT2D eigenvalue weighted by Crippen LogP contribution is -2.17. The van der Waals surface area contributed by atoms with E-state index < -0.39 is 0 Å². The van der Waals surface area contributed by atoms with E-state index in [0.29, 0.717) is 25.0 Å². The van der Waals surface area contributed by atoms with Crippen LogP contribution in [0.2, 0.25) is 0 Å². The molecule has 0 spiro atoms. The number of hydrogen-bond donors (Lipinski definition) is 0. The van der Waals surface area contributed by atoms with E-state index in [1.807, 2.05) is 24.3 Å². The van der Waals surface area contributed by atoms with Crippen molar-refractivity contribution in [1.29, 1.82) is 0 Å². The molecule has 2 atom stereocenters. The van der Waals surface area contributed by atoms with Crippen molar-refractivity contribution in [2.45, 2.75) is 24.9 Å². The molecule has 0 saturated heterocycles. The molecule has 0 fully saturated rings. The van der Waals surface area contributed by atoms with Crippen molar-refractivity contribution in [1.82, 2.24) is 0 Å². The molecule has 2 aliphatic rings. The van der Waals surface area contributed by atoms with Crippen molar-refractivity contribution in [2.75, 3.05) is 13.2 Å². The second-order valence-electron chi connectivity index (χ2n) is 9.66. The summed E-state index contributed by atoms with van der Waals surface area (Å²) in [4.78, 5) is 10.2. The number of hydrogen-bond acceptors (Lipinski definition) is 4. The van der Waals surface area contributed by atoms with Crippen LogP contribution >= 0.6 is 0 Å². The zero-order chi connectivity index (χ0) is 25.6. The van der Waals surface area contributed by atoms with Gasteiger partial charge >= 0.3 is 0 Å². The van der Waals surface area contributed by atoms with Crippen molar-refractivity contribution < 1.29 is 9.47 Å². The standard InChI is InChI=1S/C34H30N2O2/c1-5-13-25(14-6-1)21-29-23-37-33(35-29)32(34-36-30(24-38-34)22-26-15-7-2-8-16-26)31(27-17-9-3-10-18-27)28-19-11-4-12-20-28/h1-20,29-30H,21-24H2/t29-,30-/m0/s1. The first-order valence-corrected chi connectivity index (χ1v) is 13.2. The Hall–Kier alpha value is -4.44. The van der Waals surface area contributed by atoms with Gasteiger partial charge in [0.15, 0.2) is 0 Å². The molecule has 0 unspecified atom stereocenters. The van der Waals surface area contributed by atoms with Gasteiger partial charge in [-0.1, -0.05) is 121 Å². The van der Waals surface area contributed by atoms with Crippen LogP contribution < -0.4 is 0 Å². The van der Waals surface area contributed by atoms with E-state index in [-0.39, 0.29) is 12.1 Å². The monoisotopic (exact) mass is 498 g/mol. The number of aliphatic imine (C=N–C) groups is 2. The lowest BCUT2D eigenvalue weighted by molar-refractivity contribution is 0.307. The fraction of sp³-hybridized carbons (Fsp3) is 0.176. The summed E-state index contributed by atoms with van der Waals surface area (Å²) in [5.74, 6) is 1.21. The molecule has 0 aliphatic carbocycles. The number of benzene rings is 4. The zero-order valence-corrected chi connectivity index (χ0v) is 21.2. The number of ether oxygens (including phenoxy) is 2. The van der Waals surface area contributed by atoms with Crippen LogP contribution in [0.1, 0.15) is 22.3 Å². The van der Waals surface area contributed by atoms with Crippen molar-refractivity contribution >= 4 is 17.4 Å². The fourth-order valence-electron chi connectivity index (χ4n) is 5.06. The summed E-state index contributed by atoms with van der Waals surface area (Å²) < 4.78 is 12.6. The average molecular weight is 499 g/mol. The molecule has 4 aromatic rings. The Labute approximate surface area is 224 Å². The third kappa shape index (κ3) is 5.45. The third-order valence-corrected chi connectivity index (χ3v) is 6.86. The first-order chi connectivity index (χ1) is 18.8. The molecule has 4 aromatic carbocycles. The van der Waals surface area contributed by atoms with Crippen molar-refractivity contribution in [3.05, 3.63) is 149 Å². The second-order valence-corrected chi connectivity index (χ2v) is 9.66. The van der Waals surface area contributed by atoms with Gasteiger partial charge in [0.1, 0.15) is 18.8 Å². The van der Waals surface area contributed by atoms with E-state index in [9.17, 15) is 0 Å². The smallest absolute Gasteiger partial charge is 0.222 e. The van der Waals surface area contributed by atoms with Gasteiger partial charge in [-0.15, -0.1) is 0 Å². The molecule has 38 heavy (non-hydrogen) atoms. The Kier molecular flexibility index (Phi) is 7.12. The van der Waals surface area contributed by atoms with Gasteiger partial charge in [-0.2, -0.15) is 0 Å². The van der Waals surface area contributed by atoms with E-state index >= 15 is 0 Å². The highest BCUT2D eigenvalue weighted by atomic mass is 16.5. The van der Waals surface area contributed by atoms with Crippen molar-refractivity contribution in [3.63, 3.8) is 0 Å². The molecule has 0 amide bonds. The first kappa shape index (κ1) is 23.9. The molecule has 2 aliphatic heterocycles. The van der Waals surface area contributed by atoms with Crippen LogP contribution in [0.4, 0.5) is 0 Å². The summed E-state index contributed by atoms with van der Waals surface area (Å²) >= 11 is 0. The predicted molar refractivity (Wildman–Crippen MR) is 154 cm³/mol. The van der Waals surface area contributed by atoms with E-state index in [1.165, 1.54) is 11.1 Å². The van der Waals surface area contributed by atoms with Gasteiger partial charge < -0.3 is 9.47 Å². The van der Waals surface area contributed by atoms with Gasteiger partial charge in [0, 0.05) is 5.57 Å². The molecule has 188 valence electrons. The molecule has 0 radical (unpaired) electrons. The lowest BCUT2D eigenvalue weighted by atomic mass is 9.92. The number of rotatable bonds is 8. The van der Waals surface area contributed by atoms with Gasteiger partial charge in [-0.25, -0.2) is 9.98 Å². The van der Waals surface area contributed by atoms with Gasteiger partial charge in [0.05, 0.1) is 12.1 Å². The molecule has 0 aromatic heterocycles. The molecule has 2 heterocycles. The van der Waals surface area contributed by atoms with E-state index in [1.54, 1.807) is 0 Å². The van der Waals surface area contributed by atoms with Gasteiger partial charge in [-0.3, -0.25) is 0 Å². The topological polar surface area (TPSA) is 43.2 Å². The molecule has 4 nitrogen and oxygen atoms in total. The molecule has 0 N–H and O–H groups in total. The van der Waals surface area contributed by atoms with Crippen LogP contribution in [0.25, 0.3) is 5.57 Å². The molecule has 4 heteroatoms. The Bertz CT molecular complexity index is 1330.